The molecule has 2 saturated heterocycles. The molecule has 0 radical (unpaired) electrons. The van der Waals surface area contributed by atoms with Gasteiger partial charge < -0.3 is 19.3 Å². The monoisotopic (exact) mass is 1030 g/mol. The highest BCUT2D eigenvalue weighted by Gasteiger charge is 2.84. The van der Waals surface area contributed by atoms with E-state index >= 15 is 17.6 Å². The molecule has 0 amide bonds. The lowest BCUT2D eigenvalue weighted by Crippen LogP contribution is -2.63. The summed E-state index contributed by atoms with van der Waals surface area (Å²) in [7, 11) is 0. The highest BCUT2D eigenvalue weighted by molar-refractivity contribution is 5.95. The van der Waals surface area contributed by atoms with Crippen LogP contribution >= 0.6 is 0 Å². The summed E-state index contributed by atoms with van der Waals surface area (Å²) in [4.78, 5) is 28.5. The van der Waals surface area contributed by atoms with Crippen molar-refractivity contribution in [1.82, 2.24) is 9.80 Å². The second kappa shape index (κ2) is 20.9. The Morgan fingerprint density at radius 3 is 1.03 bits per heavy atom. The van der Waals surface area contributed by atoms with Gasteiger partial charge in [-0.2, -0.15) is 100 Å². The van der Waals surface area contributed by atoms with E-state index in [0.717, 1.165) is 0 Å². The van der Waals surface area contributed by atoms with Crippen LogP contribution in [0, 0.1) is 57.2 Å². The molecule has 2 fully saturated rings. The maximum Gasteiger partial charge on any atom is 0.460 e. The molecule has 0 aromatic carbocycles. The number of hydrogen-bond acceptors (Lipinski definition) is 10. The van der Waals surface area contributed by atoms with Crippen molar-refractivity contribution in [3.05, 3.63) is 44.8 Å². The summed E-state index contributed by atoms with van der Waals surface area (Å²) >= 11 is 0. The van der Waals surface area contributed by atoms with Crippen molar-refractivity contribution >= 4 is 11.9 Å². The molecule has 0 aromatic rings. The molecule has 0 N–H and O–H groups in total. The highest BCUT2D eigenvalue weighted by Crippen LogP contribution is 2.60. The summed E-state index contributed by atoms with van der Waals surface area (Å²) in [6.07, 6.45) is -18.9. The number of carbonyl (C=O) groups excluding carboxylic acids is 2. The van der Waals surface area contributed by atoms with Gasteiger partial charge >= 0.3 is 59.8 Å². The number of hydrogen-bond donors (Lipinski definition) is 0. The predicted molar refractivity (Wildman–Crippen MR) is 200 cm³/mol. The number of esters is 2. The van der Waals surface area contributed by atoms with Gasteiger partial charge in [-0.1, -0.05) is 0 Å². The van der Waals surface area contributed by atoms with Gasteiger partial charge in [0.05, 0.1) is 24.4 Å². The first-order valence-corrected chi connectivity index (χ1v) is 21.0. The smallest absolute Gasteiger partial charge is 0.460 e. The van der Waals surface area contributed by atoms with Gasteiger partial charge in [0.1, 0.15) is 35.4 Å². The maximum absolute atomic E-state index is 15.3. The minimum Gasteiger partial charge on any atom is -0.462 e. The molecule has 2 aliphatic carbocycles. The van der Waals surface area contributed by atoms with Crippen molar-refractivity contribution < 1.29 is 98.1 Å². The first-order chi connectivity index (χ1) is 32.2. The standard InChI is InChI=1S/C42H38F18N6O4/c43-35(44,37(47,48)39(51,52)41(55,56)57)23-15-25(27(19-61)31(17-23)65-9-3-4-10-65)29(21-63)33(67)69-13-7-1-2-8-14-70-34(68)30(22-64)26-16-24(18-32(28(26)20-62)66-11-5-6-12-66)36(45,46)38(49,50)40(53,54)42(58,59)60/h23-24H,1-18H2/b29-25+,30-26+. The first-order valence-electron chi connectivity index (χ1n) is 21.0. The molecule has 2 atom stereocenters. The number of ether oxygens (including phenoxy) is 2. The quantitative estimate of drug-likeness (QED) is 0.0452. The number of unbranched alkanes of at least 4 members (excludes halogenated alkanes) is 3. The van der Waals surface area contributed by atoms with Crippen LogP contribution in [0.15, 0.2) is 44.8 Å². The number of carbonyl (C=O) groups is 2. The fourth-order valence-electron chi connectivity index (χ4n) is 8.43. The van der Waals surface area contributed by atoms with Crippen LogP contribution in [-0.4, -0.2) is 109 Å². The predicted octanol–water partition coefficient (Wildman–Crippen LogP) is 10.8. The molecule has 28 heteroatoms. The fraction of sp³-hybridized carbons (Fsp3) is 0.667. The van der Waals surface area contributed by atoms with Crippen LogP contribution in [0.4, 0.5) is 79.0 Å². The third-order valence-corrected chi connectivity index (χ3v) is 12.3. The zero-order valence-electron chi connectivity index (χ0n) is 36.0. The Kier molecular flexibility index (Phi) is 16.9. The molecule has 10 nitrogen and oxygen atoms in total. The summed E-state index contributed by atoms with van der Waals surface area (Å²) in [5, 5.41) is 39.6. The topological polar surface area (TPSA) is 154 Å². The molecule has 70 heavy (non-hydrogen) atoms. The fourth-order valence-corrected chi connectivity index (χ4v) is 8.43. The molecular weight excluding hydrogens is 994 g/mol. The average molecular weight is 1030 g/mol. The van der Waals surface area contributed by atoms with Gasteiger partial charge in [-0.15, -0.1) is 0 Å². The van der Waals surface area contributed by atoms with E-state index in [0.29, 0.717) is 25.7 Å². The van der Waals surface area contributed by atoms with Gasteiger partial charge in [-0.3, -0.25) is 0 Å². The SMILES string of the molecule is N#CC1=C(N2CCCC2)CC(C(F)(F)C(F)(F)C(F)(F)C(F)(F)F)C/C1=C(/C#N)C(=O)OCCCCCCOC(=O)/C(C#N)=C1\CC(C(F)(F)C(F)(F)C(F)(F)C(F)(F)F)CC(N2CCCC2)=C1C#N. The van der Waals surface area contributed by atoms with Crippen LogP contribution in [0.5, 0.6) is 0 Å². The van der Waals surface area contributed by atoms with E-state index in [1.165, 1.54) is 21.9 Å². The number of allylic oxidation sites excluding steroid dienone is 6. The Labute approximate surface area is 386 Å². The molecule has 4 rings (SSSR count). The third kappa shape index (κ3) is 10.5. The van der Waals surface area contributed by atoms with Crippen molar-refractivity contribution in [2.24, 2.45) is 11.8 Å². The lowest BCUT2D eigenvalue weighted by Gasteiger charge is -2.41. The van der Waals surface area contributed by atoms with E-state index in [1.54, 1.807) is 12.1 Å². The zero-order chi connectivity index (χ0) is 53.1. The Bertz CT molecular complexity index is 2150. The summed E-state index contributed by atoms with van der Waals surface area (Å²) in [6, 6.07) is 5.68. The lowest BCUT2D eigenvalue weighted by molar-refractivity contribution is -0.403. The molecule has 2 unspecified atom stereocenters. The molecule has 0 saturated carbocycles. The molecule has 2 heterocycles. The van der Waals surface area contributed by atoms with Gasteiger partial charge in [0, 0.05) is 49.4 Å². The molecule has 0 spiro atoms. The van der Waals surface area contributed by atoms with Gasteiger partial charge in [-0.05, 0) is 88.2 Å². The van der Waals surface area contributed by atoms with Crippen molar-refractivity contribution in [3.8, 4) is 24.3 Å². The number of nitrogens with zero attached hydrogens (tertiary/aromatic N) is 6. The Hall–Kier alpha value is -5.80. The normalized spacial score (nSPS) is 21.7. The summed E-state index contributed by atoms with van der Waals surface area (Å²) in [6.45, 7) is -1.22. The second-order valence-electron chi connectivity index (χ2n) is 16.6. The van der Waals surface area contributed by atoms with E-state index in [9.17, 15) is 92.1 Å². The van der Waals surface area contributed by atoms with Crippen LogP contribution in [-0.2, 0) is 19.1 Å². The van der Waals surface area contributed by atoms with Crippen LogP contribution in [0.2, 0.25) is 0 Å². The van der Waals surface area contributed by atoms with E-state index in [2.05, 4.69) is 0 Å². The van der Waals surface area contributed by atoms with E-state index in [-0.39, 0.29) is 51.9 Å². The Morgan fingerprint density at radius 2 is 0.771 bits per heavy atom. The van der Waals surface area contributed by atoms with Gasteiger partial charge in [0.15, 0.2) is 0 Å². The summed E-state index contributed by atoms with van der Waals surface area (Å²) < 4.78 is 263. The molecule has 0 bridgehead atoms. The van der Waals surface area contributed by atoms with E-state index in [1.807, 2.05) is 0 Å². The lowest BCUT2D eigenvalue weighted by atomic mass is 9.75. The third-order valence-electron chi connectivity index (χ3n) is 12.3. The van der Waals surface area contributed by atoms with Crippen LogP contribution in [0.3, 0.4) is 0 Å². The first kappa shape index (κ1) is 56.8. The highest BCUT2D eigenvalue weighted by atomic mass is 19.4. The Morgan fingerprint density at radius 1 is 0.471 bits per heavy atom. The summed E-state index contributed by atoms with van der Waals surface area (Å²) in [5.41, 5.74) is -6.75. The minimum absolute atomic E-state index is 0.00249. The number of alkyl halides is 18. The number of rotatable bonds is 17. The molecule has 386 valence electrons. The molecule has 4 aliphatic rings. The van der Waals surface area contributed by atoms with Crippen LogP contribution in [0.1, 0.15) is 77.0 Å². The van der Waals surface area contributed by atoms with Crippen molar-refractivity contribution in [2.75, 3.05) is 39.4 Å². The van der Waals surface area contributed by atoms with Crippen LogP contribution in [0.25, 0.3) is 0 Å². The van der Waals surface area contributed by atoms with Gasteiger partial charge in [0.2, 0.25) is 0 Å². The summed E-state index contributed by atoms with van der Waals surface area (Å²) in [5.74, 6) is -50.4. The second-order valence-corrected chi connectivity index (χ2v) is 16.6. The molecule has 2 aliphatic heterocycles. The molecular formula is C42H38F18N6O4. The van der Waals surface area contributed by atoms with Gasteiger partial charge in [0.25, 0.3) is 0 Å². The van der Waals surface area contributed by atoms with E-state index < -0.39 is 155 Å². The average Bonchev–Trinajstić information content (AvgIpc) is 4.02. The number of nitriles is 4. The maximum atomic E-state index is 15.3. The Balaban J connectivity index is 1.47. The van der Waals surface area contributed by atoms with Crippen molar-refractivity contribution in [2.45, 2.75) is 125 Å². The van der Waals surface area contributed by atoms with Crippen molar-refractivity contribution in [1.29, 1.82) is 21.0 Å². The number of halogens is 18. The van der Waals surface area contributed by atoms with Crippen LogP contribution < -0.4 is 0 Å². The number of likely N-dealkylation sites (tertiary alicyclic amines) is 2. The molecule has 0 aromatic heterocycles. The van der Waals surface area contributed by atoms with Crippen molar-refractivity contribution in [3.63, 3.8) is 0 Å². The zero-order valence-corrected chi connectivity index (χ0v) is 36.0. The van der Waals surface area contributed by atoms with Gasteiger partial charge in [-0.25, -0.2) is 9.59 Å². The largest absolute Gasteiger partial charge is 0.462 e. The minimum atomic E-state index is -7.25. The van der Waals surface area contributed by atoms with E-state index in [4.69, 9.17) is 9.47 Å².